The lowest BCUT2D eigenvalue weighted by Crippen LogP contribution is -2.46. The quantitative estimate of drug-likeness (QED) is 0.843. The van der Waals surface area contributed by atoms with Gasteiger partial charge in [-0.2, -0.15) is 0 Å². The number of carbonyl (C=O) groups is 1. The van der Waals surface area contributed by atoms with Gasteiger partial charge in [0.1, 0.15) is 12.1 Å². The molecule has 1 aliphatic heterocycles. The van der Waals surface area contributed by atoms with E-state index in [0.29, 0.717) is 25.4 Å². The molecule has 0 saturated carbocycles. The maximum Gasteiger partial charge on any atom is 0.276 e. The molecular weight excluding hydrogens is 320 g/mol. The second kappa shape index (κ2) is 7.31. The molecule has 0 aromatic carbocycles. The Kier molecular flexibility index (Phi) is 4.74. The van der Waals surface area contributed by atoms with Crippen molar-refractivity contribution in [2.24, 2.45) is 0 Å². The van der Waals surface area contributed by atoms with Crippen LogP contribution in [0.4, 0.5) is 0 Å². The standard InChI is InChI=1S/C18H22N4O3/c23-18(17-15-3-1-2-4-16(15)25-21-17)22-9-10-24-14(11-22)6-5-13-7-8-19-12-20-13/h7-8,12,14H,1-6,9-11H2. The van der Waals surface area contributed by atoms with Crippen molar-refractivity contribution in [3.63, 3.8) is 0 Å². The van der Waals surface area contributed by atoms with Crippen LogP contribution in [0.15, 0.2) is 23.1 Å². The molecule has 0 spiro atoms. The van der Waals surface area contributed by atoms with E-state index < -0.39 is 0 Å². The first-order valence-corrected chi connectivity index (χ1v) is 8.94. The lowest BCUT2D eigenvalue weighted by atomic mass is 9.96. The molecule has 0 bridgehead atoms. The van der Waals surface area contributed by atoms with Crippen molar-refractivity contribution in [1.29, 1.82) is 0 Å². The minimum Gasteiger partial charge on any atom is -0.375 e. The number of carbonyl (C=O) groups excluding carboxylic acids is 1. The second-order valence-electron chi connectivity index (χ2n) is 6.62. The van der Waals surface area contributed by atoms with E-state index in [-0.39, 0.29) is 12.0 Å². The monoisotopic (exact) mass is 342 g/mol. The van der Waals surface area contributed by atoms with Gasteiger partial charge < -0.3 is 14.2 Å². The van der Waals surface area contributed by atoms with Crippen LogP contribution in [-0.2, 0) is 24.0 Å². The fraction of sp³-hybridized carbons (Fsp3) is 0.556. The molecule has 2 aliphatic rings. The molecule has 3 heterocycles. The summed E-state index contributed by atoms with van der Waals surface area (Å²) in [6, 6.07) is 1.91. The van der Waals surface area contributed by atoms with E-state index in [0.717, 1.165) is 55.5 Å². The van der Waals surface area contributed by atoms with Crippen LogP contribution >= 0.6 is 0 Å². The van der Waals surface area contributed by atoms with Gasteiger partial charge in [-0.3, -0.25) is 4.79 Å². The number of morpholine rings is 1. The van der Waals surface area contributed by atoms with E-state index in [1.165, 1.54) is 0 Å². The summed E-state index contributed by atoms with van der Waals surface area (Å²) in [7, 11) is 0. The van der Waals surface area contributed by atoms with Gasteiger partial charge in [0.25, 0.3) is 5.91 Å². The van der Waals surface area contributed by atoms with E-state index in [1.807, 2.05) is 11.0 Å². The first-order valence-electron chi connectivity index (χ1n) is 8.94. The van der Waals surface area contributed by atoms with Crippen LogP contribution < -0.4 is 0 Å². The Labute approximate surface area is 146 Å². The van der Waals surface area contributed by atoms with E-state index in [2.05, 4.69) is 15.1 Å². The van der Waals surface area contributed by atoms with Crippen LogP contribution in [0.3, 0.4) is 0 Å². The number of hydrogen-bond acceptors (Lipinski definition) is 6. The van der Waals surface area contributed by atoms with Crippen molar-refractivity contribution < 1.29 is 14.1 Å². The molecule has 4 rings (SSSR count). The number of aryl methyl sites for hydroxylation is 2. The van der Waals surface area contributed by atoms with Crippen LogP contribution in [-0.4, -0.2) is 51.7 Å². The molecule has 1 unspecified atom stereocenters. The minimum atomic E-state index is -0.0257. The molecule has 0 radical (unpaired) electrons. The van der Waals surface area contributed by atoms with Gasteiger partial charge in [-0.25, -0.2) is 9.97 Å². The van der Waals surface area contributed by atoms with Gasteiger partial charge in [0, 0.05) is 37.0 Å². The normalized spacial score (nSPS) is 20.3. The fourth-order valence-electron chi connectivity index (χ4n) is 3.56. The van der Waals surface area contributed by atoms with Gasteiger partial charge in [-0.05, 0) is 38.2 Å². The highest BCUT2D eigenvalue weighted by molar-refractivity contribution is 5.94. The van der Waals surface area contributed by atoms with Crippen LogP contribution in [0.25, 0.3) is 0 Å². The number of nitrogens with zero attached hydrogens (tertiary/aromatic N) is 4. The summed E-state index contributed by atoms with van der Waals surface area (Å²) in [5, 5.41) is 4.07. The molecule has 0 N–H and O–H groups in total. The first kappa shape index (κ1) is 16.2. The summed E-state index contributed by atoms with van der Waals surface area (Å²) >= 11 is 0. The van der Waals surface area contributed by atoms with Crippen molar-refractivity contribution >= 4 is 5.91 Å². The maximum atomic E-state index is 12.9. The topological polar surface area (TPSA) is 81.4 Å². The molecule has 1 saturated heterocycles. The molecule has 2 aromatic rings. The number of aromatic nitrogens is 3. The average Bonchev–Trinajstić information content (AvgIpc) is 3.11. The SMILES string of the molecule is O=C(c1noc2c1CCCC2)N1CCOC(CCc2ccncn2)C1. The third-order valence-corrected chi connectivity index (χ3v) is 4.94. The fourth-order valence-corrected chi connectivity index (χ4v) is 3.56. The Morgan fingerprint density at radius 1 is 1.32 bits per heavy atom. The molecule has 1 aliphatic carbocycles. The molecule has 2 aromatic heterocycles. The summed E-state index contributed by atoms with van der Waals surface area (Å²) in [4.78, 5) is 22.9. The van der Waals surface area contributed by atoms with Crippen molar-refractivity contribution in [2.75, 3.05) is 19.7 Å². The Balaban J connectivity index is 1.39. The van der Waals surface area contributed by atoms with Crippen LogP contribution in [0.5, 0.6) is 0 Å². The number of amides is 1. The summed E-state index contributed by atoms with van der Waals surface area (Å²) in [5.74, 6) is 0.866. The third kappa shape index (κ3) is 3.56. The smallest absolute Gasteiger partial charge is 0.276 e. The summed E-state index contributed by atoms with van der Waals surface area (Å²) in [6.07, 6.45) is 8.95. The van der Waals surface area contributed by atoms with Gasteiger partial charge in [-0.15, -0.1) is 0 Å². The summed E-state index contributed by atoms with van der Waals surface area (Å²) < 4.78 is 11.2. The van der Waals surface area contributed by atoms with Crippen molar-refractivity contribution in [3.05, 3.63) is 41.3 Å². The molecule has 1 fully saturated rings. The molecule has 7 heteroatoms. The Bertz CT molecular complexity index is 731. The van der Waals surface area contributed by atoms with Crippen molar-refractivity contribution in [1.82, 2.24) is 20.0 Å². The van der Waals surface area contributed by atoms with Crippen LogP contribution in [0.2, 0.25) is 0 Å². The van der Waals surface area contributed by atoms with Gasteiger partial charge >= 0.3 is 0 Å². The molecular formula is C18H22N4O3. The molecule has 1 atom stereocenters. The van der Waals surface area contributed by atoms with Crippen LogP contribution in [0, 0.1) is 0 Å². The number of hydrogen-bond donors (Lipinski definition) is 0. The zero-order valence-corrected chi connectivity index (χ0v) is 14.2. The largest absolute Gasteiger partial charge is 0.375 e. The van der Waals surface area contributed by atoms with E-state index in [4.69, 9.17) is 9.26 Å². The molecule has 132 valence electrons. The third-order valence-electron chi connectivity index (χ3n) is 4.94. The van der Waals surface area contributed by atoms with Gasteiger partial charge in [0.05, 0.1) is 12.7 Å². The first-order chi connectivity index (χ1) is 12.3. The summed E-state index contributed by atoms with van der Waals surface area (Å²) in [6.45, 7) is 1.75. The van der Waals surface area contributed by atoms with Crippen molar-refractivity contribution in [2.45, 2.75) is 44.6 Å². The zero-order chi connectivity index (χ0) is 17.1. The second-order valence-corrected chi connectivity index (χ2v) is 6.62. The van der Waals surface area contributed by atoms with Gasteiger partial charge in [0.2, 0.25) is 0 Å². The minimum absolute atomic E-state index is 0.0235. The molecule has 7 nitrogen and oxygen atoms in total. The summed E-state index contributed by atoms with van der Waals surface area (Å²) in [5.41, 5.74) is 2.51. The van der Waals surface area contributed by atoms with E-state index in [9.17, 15) is 4.79 Å². The molecule has 25 heavy (non-hydrogen) atoms. The average molecular weight is 342 g/mol. The number of rotatable bonds is 4. The highest BCUT2D eigenvalue weighted by Crippen LogP contribution is 2.25. The highest BCUT2D eigenvalue weighted by Gasteiger charge is 2.30. The lowest BCUT2D eigenvalue weighted by Gasteiger charge is -2.32. The Morgan fingerprint density at radius 2 is 2.24 bits per heavy atom. The van der Waals surface area contributed by atoms with Crippen molar-refractivity contribution in [3.8, 4) is 0 Å². The van der Waals surface area contributed by atoms with E-state index in [1.54, 1.807) is 12.5 Å². The predicted molar refractivity (Wildman–Crippen MR) is 89.1 cm³/mol. The van der Waals surface area contributed by atoms with Crippen LogP contribution in [0.1, 0.15) is 46.8 Å². The Hall–Kier alpha value is -2.28. The van der Waals surface area contributed by atoms with Gasteiger partial charge in [0.15, 0.2) is 5.69 Å². The number of ether oxygens (including phenoxy) is 1. The zero-order valence-electron chi connectivity index (χ0n) is 14.2. The van der Waals surface area contributed by atoms with Gasteiger partial charge in [-0.1, -0.05) is 5.16 Å². The number of fused-ring (bicyclic) bond motifs is 1. The highest BCUT2D eigenvalue weighted by atomic mass is 16.5. The van der Waals surface area contributed by atoms with E-state index >= 15 is 0 Å². The molecule has 1 amide bonds. The maximum absolute atomic E-state index is 12.9. The Morgan fingerprint density at radius 3 is 3.12 bits per heavy atom. The lowest BCUT2D eigenvalue weighted by molar-refractivity contribution is -0.0250. The predicted octanol–water partition coefficient (Wildman–Crippen LogP) is 1.82.